The van der Waals surface area contributed by atoms with E-state index < -0.39 is 0 Å². The Kier molecular flexibility index (Phi) is 7.08. The Balaban J connectivity index is 1.00. The molecule has 0 fully saturated rings. The molecule has 55 heavy (non-hydrogen) atoms. The van der Waals surface area contributed by atoms with Gasteiger partial charge in [0, 0.05) is 29.1 Å². The molecular formula is C52H33N3. The van der Waals surface area contributed by atoms with Crippen LogP contribution >= 0.6 is 0 Å². The predicted octanol–water partition coefficient (Wildman–Crippen LogP) is 12.6. The van der Waals surface area contributed by atoms with E-state index in [0.717, 1.165) is 39.2 Å². The minimum Gasteiger partial charge on any atom is -0.264 e. The summed E-state index contributed by atoms with van der Waals surface area (Å²) in [7, 11) is 0. The topological polar surface area (TPSA) is 38.7 Å². The molecule has 0 bridgehead atoms. The molecule has 11 rings (SSSR count). The van der Waals surface area contributed by atoms with Crippen LogP contribution in [0.5, 0.6) is 0 Å². The van der Waals surface area contributed by atoms with Crippen LogP contribution in [0, 0.1) is 0 Å². The summed E-state index contributed by atoms with van der Waals surface area (Å²) in [4.78, 5) is 14.5. The van der Waals surface area contributed by atoms with Crippen molar-refractivity contribution in [2.75, 3.05) is 0 Å². The maximum absolute atomic E-state index is 5.14. The molecule has 7 aromatic carbocycles. The number of hydrogen-bond acceptors (Lipinski definition) is 3. The van der Waals surface area contributed by atoms with E-state index in [1.165, 1.54) is 55.6 Å². The maximum Gasteiger partial charge on any atom is 0.160 e. The van der Waals surface area contributed by atoms with Crippen LogP contribution in [-0.2, 0) is 5.41 Å². The van der Waals surface area contributed by atoms with Gasteiger partial charge < -0.3 is 0 Å². The number of nitrogens with zero attached hydrogens (tertiary/aromatic N) is 3. The van der Waals surface area contributed by atoms with Crippen LogP contribution in [-0.4, -0.2) is 15.0 Å². The first-order chi connectivity index (χ1) is 27.3. The fourth-order valence-corrected chi connectivity index (χ4v) is 8.93. The average molecular weight is 700 g/mol. The van der Waals surface area contributed by atoms with Gasteiger partial charge in [-0.15, -0.1) is 0 Å². The zero-order valence-electron chi connectivity index (χ0n) is 29.9. The number of pyridine rings is 1. The highest BCUT2D eigenvalue weighted by atomic mass is 14.9. The Morgan fingerprint density at radius 2 is 0.764 bits per heavy atom. The normalized spacial score (nSPS) is 12.9. The van der Waals surface area contributed by atoms with Crippen LogP contribution in [0.25, 0.3) is 78.4 Å². The smallest absolute Gasteiger partial charge is 0.160 e. The van der Waals surface area contributed by atoms with Crippen LogP contribution in [0.4, 0.5) is 0 Å². The Morgan fingerprint density at radius 1 is 0.309 bits per heavy atom. The minimum atomic E-state index is -0.365. The van der Waals surface area contributed by atoms with E-state index in [2.05, 4.69) is 181 Å². The molecule has 0 saturated carbocycles. The van der Waals surface area contributed by atoms with Gasteiger partial charge in [0.05, 0.1) is 16.8 Å². The van der Waals surface area contributed by atoms with Crippen molar-refractivity contribution >= 4 is 0 Å². The van der Waals surface area contributed by atoms with Gasteiger partial charge in [-0.2, -0.15) is 0 Å². The van der Waals surface area contributed by atoms with Gasteiger partial charge in [0.25, 0.3) is 0 Å². The molecule has 0 saturated heterocycles. The molecule has 0 N–H and O–H groups in total. The quantitative estimate of drug-likeness (QED) is 0.179. The van der Waals surface area contributed by atoms with Crippen molar-refractivity contribution in [3.8, 4) is 78.4 Å². The average Bonchev–Trinajstić information content (AvgIpc) is 3.74. The molecule has 1 spiro atoms. The molecule has 2 aromatic heterocycles. The molecule has 2 aliphatic carbocycles. The molecular weight excluding hydrogens is 667 g/mol. The van der Waals surface area contributed by atoms with E-state index in [1.807, 2.05) is 18.3 Å². The maximum atomic E-state index is 5.14. The first kappa shape index (κ1) is 31.3. The van der Waals surface area contributed by atoms with Gasteiger partial charge in [-0.25, -0.2) is 9.97 Å². The molecule has 3 heteroatoms. The largest absolute Gasteiger partial charge is 0.264 e. The second-order valence-corrected chi connectivity index (χ2v) is 14.4. The highest BCUT2D eigenvalue weighted by Crippen LogP contribution is 2.63. The van der Waals surface area contributed by atoms with Crippen LogP contribution in [0.1, 0.15) is 22.3 Å². The highest BCUT2D eigenvalue weighted by Gasteiger charge is 2.51. The van der Waals surface area contributed by atoms with Gasteiger partial charge in [-0.1, -0.05) is 170 Å². The SMILES string of the molecule is c1ccc(-c2cc(-c3ccc(-c4ccc5c(c4)C4(c6ccccc6-c6ccccc64)c4ccccc4-5)cc3)nc(-c3ccc(-c4cccnc4)cc3)n2)cc1. The lowest BCUT2D eigenvalue weighted by Crippen LogP contribution is -2.25. The van der Waals surface area contributed by atoms with Gasteiger partial charge in [-0.3, -0.25) is 4.98 Å². The second-order valence-electron chi connectivity index (χ2n) is 14.4. The lowest BCUT2D eigenvalue weighted by Gasteiger charge is -2.30. The number of fused-ring (bicyclic) bond motifs is 10. The molecule has 0 aliphatic heterocycles. The Morgan fingerprint density at radius 3 is 1.35 bits per heavy atom. The van der Waals surface area contributed by atoms with Gasteiger partial charge in [0.1, 0.15) is 0 Å². The van der Waals surface area contributed by atoms with Crippen LogP contribution in [0.3, 0.4) is 0 Å². The predicted molar refractivity (Wildman–Crippen MR) is 223 cm³/mol. The Labute approximate surface area is 320 Å². The molecule has 3 nitrogen and oxygen atoms in total. The van der Waals surface area contributed by atoms with Gasteiger partial charge in [-0.05, 0) is 85.0 Å². The summed E-state index contributed by atoms with van der Waals surface area (Å²) >= 11 is 0. The molecule has 2 heterocycles. The zero-order chi connectivity index (χ0) is 36.3. The first-order valence-electron chi connectivity index (χ1n) is 18.8. The molecule has 0 unspecified atom stereocenters. The number of rotatable bonds is 5. The van der Waals surface area contributed by atoms with Crippen molar-refractivity contribution in [1.29, 1.82) is 0 Å². The second kappa shape index (κ2) is 12.4. The summed E-state index contributed by atoms with van der Waals surface area (Å²) in [5, 5.41) is 0. The van der Waals surface area contributed by atoms with Crippen molar-refractivity contribution < 1.29 is 0 Å². The lowest BCUT2D eigenvalue weighted by molar-refractivity contribution is 0.794. The highest BCUT2D eigenvalue weighted by molar-refractivity contribution is 5.96. The van der Waals surface area contributed by atoms with Crippen molar-refractivity contribution in [1.82, 2.24) is 15.0 Å². The summed E-state index contributed by atoms with van der Waals surface area (Å²) in [6.45, 7) is 0. The molecule has 0 atom stereocenters. The molecule has 9 aromatic rings. The third kappa shape index (κ3) is 4.87. The fourth-order valence-electron chi connectivity index (χ4n) is 8.93. The molecule has 0 amide bonds. The van der Waals surface area contributed by atoms with Crippen molar-refractivity contribution in [3.05, 3.63) is 223 Å². The first-order valence-corrected chi connectivity index (χ1v) is 18.8. The Hall–Kier alpha value is -7.23. The van der Waals surface area contributed by atoms with Crippen molar-refractivity contribution in [2.45, 2.75) is 5.41 Å². The van der Waals surface area contributed by atoms with E-state index in [1.54, 1.807) is 6.20 Å². The minimum absolute atomic E-state index is 0.365. The fraction of sp³-hybridized carbons (Fsp3) is 0.0192. The molecule has 256 valence electrons. The Bertz CT molecular complexity index is 2830. The third-order valence-corrected chi connectivity index (χ3v) is 11.4. The number of benzene rings is 7. The number of aromatic nitrogens is 3. The van der Waals surface area contributed by atoms with E-state index >= 15 is 0 Å². The monoisotopic (exact) mass is 699 g/mol. The van der Waals surface area contributed by atoms with E-state index in [-0.39, 0.29) is 5.41 Å². The molecule has 0 radical (unpaired) electrons. The summed E-state index contributed by atoms with van der Waals surface area (Å²) in [5.74, 6) is 0.693. The lowest BCUT2D eigenvalue weighted by atomic mass is 9.70. The van der Waals surface area contributed by atoms with Crippen molar-refractivity contribution in [3.63, 3.8) is 0 Å². The van der Waals surface area contributed by atoms with Crippen LogP contribution in [0.2, 0.25) is 0 Å². The van der Waals surface area contributed by atoms with Crippen LogP contribution in [0.15, 0.2) is 200 Å². The zero-order valence-corrected chi connectivity index (χ0v) is 29.9. The van der Waals surface area contributed by atoms with Gasteiger partial charge in [0.2, 0.25) is 0 Å². The van der Waals surface area contributed by atoms with E-state index in [0.29, 0.717) is 5.82 Å². The van der Waals surface area contributed by atoms with Crippen molar-refractivity contribution in [2.24, 2.45) is 0 Å². The van der Waals surface area contributed by atoms with Crippen LogP contribution < -0.4 is 0 Å². The standard InChI is InChI=1S/C52H33N3/c1-2-11-36(12-3-1)49-32-50(55-51(54-49)38-26-22-35(23-27-38)40-13-10-30-53-33-40)37-24-20-34(21-25-37)39-28-29-44-43-16-6-9-19-47(43)52(48(44)31-39)45-17-7-4-14-41(45)42-15-5-8-18-46(42)52/h1-33H. The third-order valence-electron chi connectivity index (χ3n) is 11.4. The van der Waals surface area contributed by atoms with Gasteiger partial charge in [0.15, 0.2) is 5.82 Å². The van der Waals surface area contributed by atoms with Gasteiger partial charge >= 0.3 is 0 Å². The van der Waals surface area contributed by atoms with E-state index in [4.69, 9.17) is 9.97 Å². The van der Waals surface area contributed by atoms with E-state index in [9.17, 15) is 0 Å². The summed E-state index contributed by atoms with van der Waals surface area (Å²) in [6.07, 6.45) is 3.68. The number of hydrogen-bond donors (Lipinski definition) is 0. The summed E-state index contributed by atoms with van der Waals surface area (Å²) in [5.41, 5.74) is 19.7. The summed E-state index contributed by atoms with van der Waals surface area (Å²) < 4.78 is 0. The molecule has 2 aliphatic rings. The summed E-state index contributed by atoms with van der Waals surface area (Å²) in [6, 6.07) is 67.7.